The number of aryl methyl sites for hydroxylation is 1. The molecule has 0 fully saturated rings. The number of thiophene rings is 1. The van der Waals surface area contributed by atoms with Gasteiger partial charge in [-0.1, -0.05) is 37.3 Å². The van der Waals surface area contributed by atoms with Crippen molar-refractivity contribution in [2.24, 2.45) is 0 Å². The minimum Gasteiger partial charge on any atom is -0.465 e. The lowest BCUT2D eigenvalue weighted by molar-refractivity contribution is 0.0602. The third-order valence-electron chi connectivity index (χ3n) is 3.41. The maximum atomic E-state index is 11.9. The van der Waals surface area contributed by atoms with Gasteiger partial charge in [-0.05, 0) is 37.2 Å². The van der Waals surface area contributed by atoms with Crippen molar-refractivity contribution in [2.45, 2.75) is 26.3 Å². The summed E-state index contributed by atoms with van der Waals surface area (Å²) in [6.07, 6.45) is 0.858. The van der Waals surface area contributed by atoms with Gasteiger partial charge in [0.15, 0.2) is 5.11 Å². The zero-order valence-corrected chi connectivity index (χ0v) is 15.0. The summed E-state index contributed by atoms with van der Waals surface area (Å²) in [5, 5.41) is 7.55. The Morgan fingerprint density at radius 1 is 1.35 bits per heavy atom. The van der Waals surface area contributed by atoms with Gasteiger partial charge in [-0.25, -0.2) is 4.79 Å². The summed E-state index contributed by atoms with van der Waals surface area (Å²) in [7, 11) is 1.38. The lowest BCUT2D eigenvalue weighted by atomic mass is 10.1. The molecular weight excluding hydrogens is 328 g/mol. The molecule has 0 aliphatic rings. The molecule has 1 atom stereocenters. The third-order valence-corrected chi connectivity index (χ3v) is 4.83. The summed E-state index contributed by atoms with van der Waals surface area (Å²) in [6, 6.07) is 12.0. The van der Waals surface area contributed by atoms with Gasteiger partial charge in [-0.2, -0.15) is 0 Å². The molecule has 1 unspecified atom stereocenters. The summed E-state index contributed by atoms with van der Waals surface area (Å²) in [5.74, 6) is -0.359. The number of methoxy groups -OCH3 is 1. The first-order valence-electron chi connectivity index (χ1n) is 7.38. The SMILES string of the molecule is CCc1cc(C(=O)OC)c(NC(=S)NC(C)c2ccccc2)s1. The van der Waals surface area contributed by atoms with Crippen molar-refractivity contribution in [3.05, 3.63) is 52.4 Å². The number of ether oxygens (including phenoxy) is 1. The molecule has 0 amide bonds. The van der Waals surface area contributed by atoms with Crippen LogP contribution in [-0.4, -0.2) is 18.2 Å². The van der Waals surface area contributed by atoms with E-state index in [1.807, 2.05) is 50.2 Å². The van der Waals surface area contributed by atoms with Crippen molar-refractivity contribution in [3.8, 4) is 0 Å². The summed E-state index contributed by atoms with van der Waals surface area (Å²) in [6.45, 7) is 4.08. The molecule has 1 aromatic heterocycles. The molecule has 0 spiro atoms. The summed E-state index contributed by atoms with van der Waals surface area (Å²) in [4.78, 5) is 13.0. The molecule has 0 aliphatic carbocycles. The highest BCUT2D eigenvalue weighted by molar-refractivity contribution is 7.80. The highest BCUT2D eigenvalue weighted by atomic mass is 32.1. The highest BCUT2D eigenvalue weighted by Gasteiger charge is 2.17. The summed E-state index contributed by atoms with van der Waals surface area (Å²) in [5.41, 5.74) is 1.66. The normalized spacial score (nSPS) is 11.6. The maximum Gasteiger partial charge on any atom is 0.340 e. The predicted molar refractivity (Wildman–Crippen MR) is 99.2 cm³/mol. The monoisotopic (exact) mass is 348 g/mol. The zero-order chi connectivity index (χ0) is 16.8. The molecule has 23 heavy (non-hydrogen) atoms. The lowest BCUT2D eigenvalue weighted by Gasteiger charge is -2.17. The summed E-state index contributed by atoms with van der Waals surface area (Å²) < 4.78 is 4.83. The van der Waals surface area contributed by atoms with Crippen LogP contribution in [-0.2, 0) is 11.2 Å². The van der Waals surface area contributed by atoms with Crippen LogP contribution >= 0.6 is 23.6 Å². The molecule has 2 rings (SSSR count). The van der Waals surface area contributed by atoms with Crippen LogP contribution in [0.2, 0.25) is 0 Å². The Balaban J connectivity index is 2.08. The van der Waals surface area contributed by atoms with Gasteiger partial charge < -0.3 is 15.4 Å². The molecule has 2 N–H and O–H groups in total. The van der Waals surface area contributed by atoms with Gasteiger partial charge in [-0.3, -0.25) is 0 Å². The minimum absolute atomic E-state index is 0.0726. The quantitative estimate of drug-likeness (QED) is 0.628. The zero-order valence-electron chi connectivity index (χ0n) is 13.4. The Bertz CT molecular complexity index is 683. The summed E-state index contributed by atoms with van der Waals surface area (Å²) >= 11 is 6.89. The van der Waals surface area contributed by atoms with Crippen LogP contribution < -0.4 is 10.6 Å². The fourth-order valence-electron chi connectivity index (χ4n) is 2.13. The number of nitrogens with one attached hydrogen (secondary N) is 2. The number of carbonyl (C=O) groups excluding carboxylic acids is 1. The van der Waals surface area contributed by atoms with Gasteiger partial charge in [0.1, 0.15) is 5.00 Å². The third kappa shape index (κ3) is 4.53. The van der Waals surface area contributed by atoms with Gasteiger partial charge in [0, 0.05) is 4.88 Å². The van der Waals surface area contributed by atoms with Crippen LogP contribution in [0.15, 0.2) is 36.4 Å². The van der Waals surface area contributed by atoms with E-state index >= 15 is 0 Å². The first-order valence-corrected chi connectivity index (χ1v) is 8.61. The van der Waals surface area contributed by atoms with E-state index in [4.69, 9.17) is 17.0 Å². The van der Waals surface area contributed by atoms with Gasteiger partial charge in [0.2, 0.25) is 0 Å². The van der Waals surface area contributed by atoms with E-state index in [1.165, 1.54) is 18.4 Å². The standard InChI is InChI=1S/C17H20N2O2S2/c1-4-13-10-14(16(20)21-3)15(23-13)19-17(22)18-11(2)12-8-6-5-7-9-12/h5-11H,4H2,1-3H3,(H2,18,19,22). The molecule has 1 aromatic carbocycles. The van der Waals surface area contributed by atoms with Gasteiger partial charge in [0.25, 0.3) is 0 Å². The number of carbonyl (C=O) groups is 1. The van der Waals surface area contributed by atoms with Crippen LogP contribution in [0, 0.1) is 0 Å². The lowest BCUT2D eigenvalue weighted by Crippen LogP contribution is -2.31. The van der Waals surface area contributed by atoms with Crippen molar-refractivity contribution < 1.29 is 9.53 Å². The van der Waals surface area contributed by atoms with E-state index in [1.54, 1.807) is 0 Å². The first-order chi connectivity index (χ1) is 11.0. The van der Waals surface area contributed by atoms with Crippen LogP contribution in [0.4, 0.5) is 5.00 Å². The Morgan fingerprint density at radius 2 is 2.04 bits per heavy atom. The predicted octanol–water partition coefficient (Wildman–Crippen LogP) is 4.14. The number of benzene rings is 1. The second-order valence-corrected chi connectivity index (χ2v) is 6.58. The molecule has 0 saturated heterocycles. The second-order valence-electron chi connectivity index (χ2n) is 5.03. The highest BCUT2D eigenvalue weighted by Crippen LogP contribution is 2.29. The van der Waals surface area contributed by atoms with Crippen molar-refractivity contribution >= 4 is 39.6 Å². The van der Waals surface area contributed by atoms with Gasteiger partial charge in [-0.15, -0.1) is 11.3 Å². The van der Waals surface area contributed by atoms with E-state index in [0.29, 0.717) is 15.7 Å². The number of thiocarbonyl (C=S) groups is 1. The first kappa shape index (κ1) is 17.4. The molecule has 2 aromatic rings. The average Bonchev–Trinajstić information content (AvgIpc) is 2.97. The molecule has 0 bridgehead atoms. The Morgan fingerprint density at radius 3 is 2.65 bits per heavy atom. The molecule has 6 heteroatoms. The Hall–Kier alpha value is -1.92. The minimum atomic E-state index is -0.359. The van der Waals surface area contributed by atoms with Crippen LogP contribution in [0.3, 0.4) is 0 Å². The van der Waals surface area contributed by atoms with Crippen molar-refractivity contribution in [1.29, 1.82) is 0 Å². The molecule has 4 nitrogen and oxygen atoms in total. The van der Waals surface area contributed by atoms with E-state index < -0.39 is 0 Å². The van der Waals surface area contributed by atoms with Gasteiger partial charge >= 0.3 is 5.97 Å². The Kier molecular flexibility index (Phi) is 6.12. The van der Waals surface area contributed by atoms with E-state index in [-0.39, 0.29) is 12.0 Å². The molecule has 122 valence electrons. The van der Waals surface area contributed by atoms with E-state index in [9.17, 15) is 4.79 Å². The van der Waals surface area contributed by atoms with Gasteiger partial charge in [0.05, 0.1) is 18.7 Å². The molecule has 0 aliphatic heterocycles. The maximum absolute atomic E-state index is 11.9. The molecular formula is C17H20N2O2S2. The van der Waals surface area contributed by atoms with Crippen molar-refractivity contribution in [3.63, 3.8) is 0 Å². The number of rotatable bonds is 5. The average molecular weight is 348 g/mol. The molecule has 0 radical (unpaired) electrons. The number of hydrogen-bond donors (Lipinski definition) is 2. The second kappa shape index (κ2) is 8.08. The number of esters is 1. The van der Waals surface area contributed by atoms with Crippen molar-refractivity contribution in [1.82, 2.24) is 5.32 Å². The number of hydrogen-bond acceptors (Lipinski definition) is 4. The van der Waals surface area contributed by atoms with E-state index in [0.717, 1.165) is 16.9 Å². The topological polar surface area (TPSA) is 50.4 Å². The van der Waals surface area contributed by atoms with Crippen LogP contribution in [0.25, 0.3) is 0 Å². The van der Waals surface area contributed by atoms with Crippen molar-refractivity contribution in [2.75, 3.05) is 12.4 Å². The number of anilines is 1. The largest absolute Gasteiger partial charge is 0.465 e. The fourth-order valence-corrected chi connectivity index (χ4v) is 3.46. The van der Waals surface area contributed by atoms with Crippen LogP contribution in [0.5, 0.6) is 0 Å². The fraction of sp³-hybridized carbons (Fsp3) is 0.294. The molecule has 0 saturated carbocycles. The Labute approximate surface area is 145 Å². The van der Waals surface area contributed by atoms with Crippen LogP contribution in [0.1, 0.15) is 40.7 Å². The smallest absolute Gasteiger partial charge is 0.340 e. The molecule has 1 heterocycles. The van der Waals surface area contributed by atoms with E-state index in [2.05, 4.69) is 10.6 Å².